The average molecular weight is 313 g/mol. The summed E-state index contributed by atoms with van der Waals surface area (Å²) in [7, 11) is -1.54. The van der Waals surface area contributed by atoms with Gasteiger partial charge in [0, 0.05) is 12.1 Å². The maximum absolute atomic E-state index is 12.3. The van der Waals surface area contributed by atoms with Gasteiger partial charge in [-0.05, 0) is 30.2 Å². The summed E-state index contributed by atoms with van der Waals surface area (Å²) in [6.45, 7) is 7.64. The smallest absolute Gasteiger partial charge is 0.154 e. The SMILES string of the molecule is CCNCc1ccc(OC)c(CS(=O)(=O)CC(C)CC)c1. The normalized spacial score (nSPS) is 13.1. The van der Waals surface area contributed by atoms with Gasteiger partial charge in [0.2, 0.25) is 0 Å². The van der Waals surface area contributed by atoms with Crippen LogP contribution in [0.3, 0.4) is 0 Å². The highest BCUT2D eigenvalue weighted by Crippen LogP contribution is 2.23. The van der Waals surface area contributed by atoms with Crippen molar-refractivity contribution in [2.75, 3.05) is 19.4 Å². The lowest BCUT2D eigenvalue weighted by Crippen LogP contribution is -2.16. The minimum Gasteiger partial charge on any atom is -0.496 e. The Kier molecular flexibility index (Phi) is 7.18. The van der Waals surface area contributed by atoms with Crippen molar-refractivity contribution in [1.82, 2.24) is 5.32 Å². The average Bonchev–Trinajstić information content (AvgIpc) is 2.44. The molecule has 1 N–H and O–H groups in total. The molecule has 0 amide bonds. The van der Waals surface area contributed by atoms with E-state index in [-0.39, 0.29) is 17.4 Å². The van der Waals surface area contributed by atoms with Crippen LogP contribution in [0.2, 0.25) is 0 Å². The summed E-state index contributed by atoms with van der Waals surface area (Å²) in [6.07, 6.45) is 0.872. The quantitative estimate of drug-likeness (QED) is 0.761. The Hall–Kier alpha value is -1.07. The molecule has 1 rings (SSSR count). The van der Waals surface area contributed by atoms with E-state index in [0.29, 0.717) is 5.75 Å². The van der Waals surface area contributed by atoms with Gasteiger partial charge in [-0.25, -0.2) is 8.42 Å². The second kappa shape index (κ2) is 8.39. The molecular weight excluding hydrogens is 286 g/mol. The van der Waals surface area contributed by atoms with Crippen molar-refractivity contribution in [3.05, 3.63) is 29.3 Å². The van der Waals surface area contributed by atoms with Gasteiger partial charge in [-0.1, -0.05) is 33.3 Å². The highest BCUT2D eigenvalue weighted by atomic mass is 32.2. The summed E-state index contributed by atoms with van der Waals surface area (Å²) in [5.74, 6) is 1.10. The Labute approximate surface area is 128 Å². The summed E-state index contributed by atoms with van der Waals surface area (Å²) in [4.78, 5) is 0. The molecule has 0 heterocycles. The lowest BCUT2D eigenvalue weighted by molar-refractivity contribution is 0.410. The van der Waals surface area contributed by atoms with Crippen LogP contribution in [-0.4, -0.2) is 27.8 Å². The molecule has 0 saturated carbocycles. The van der Waals surface area contributed by atoms with Gasteiger partial charge in [0.05, 0.1) is 18.6 Å². The predicted octanol–water partition coefficient (Wildman–Crippen LogP) is 2.77. The third-order valence-corrected chi connectivity index (χ3v) is 5.36. The molecule has 1 atom stereocenters. The van der Waals surface area contributed by atoms with Crippen LogP contribution in [0.5, 0.6) is 5.75 Å². The van der Waals surface area contributed by atoms with E-state index in [2.05, 4.69) is 5.32 Å². The monoisotopic (exact) mass is 313 g/mol. The summed E-state index contributed by atoms with van der Waals surface area (Å²) >= 11 is 0. The fourth-order valence-corrected chi connectivity index (χ4v) is 4.09. The minimum atomic E-state index is -3.12. The van der Waals surface area contributed by atoms with Gasteiger partial charge in [0.25, 0.3) is 0 Å². The van der Waals surface area contributed by atoms with Crippen LogP contribution < -0.4 is 10.1 Å². The third kappa shape index (κ3) is 6.06. The van der Waals surface area contributed by atoms with Gasteiger partial charge < -0.3 is 10.1 Å². The second-order valence-electron chi connectivity index (χ2n) is 5.49. The fourth-order valence-electron chi connectivity index (χ4n) is 2.17. The molecular formula is C16H27NO3S. The Morgan fingerprint density at radius 1 is 1.29 bits per heavy atom. The van der Waals surface area contributed by atoms with Crippen molar-refractivity contribution in [3.8, 4) is 5.75 Å². The van der Waals surface area contributed by atoms with E-state index < -0.39 is 9.84 Å². The maximum Gasteiger partial charge on any atom is 0.154 e. The topological polar surface area (TPSA) is 55.4 Å². The first-order chi connectivity index (χ1) is 9.91. The number of nitrogens with one attached hydrogen (secondary N) is 1. The Morgan fingerprint density at radius 2 is 2.00 bits per heavy atom. The number of rotatable bonds is 9. The summed E-state index contributed by atoms with van der Waals surface area (Å²) in [6, 6.07) is 5.74. The molecule has 5 heteroatoms. The first-order valence-electron chi connectivity index (χ1n) is 7.48. The third-order valence-electron chi connectivity index (χ3n) is 3.53. The molecule has 0 spiro atoms. The lowest BCUT2D eigenvalue weighted by Gasteiger charge is -2.13. The lowest BCUT2D eigenvalue weighted by atomic mass is 10.1. The van der Waals surface area contributed by atoms with E-state index in [9.17, 15) is 8.42 Å². The van der Waals surface area contributed by atoms with Gasteiger partial charge in [0.1, 0.15) is 5.75 Å². The molecule has 0 radical (unpaired) electrons. The molecule has 0 aliphatic rings. The maximum atomic E-state index is 12.3. The molecule has 1 aromatic carbocycles. The van der Waals surface area contributed by atoms with Gasteiger partial charge in [-0.2, -0.15) is 0 Å². The molecule has 0 aromatic heterocycles. The largest absolute Gasteiger partial charge is 0.496 e. The van der Waals surface area contributed by atoms with Crippen LogP contribution in [0.1, 0.15) is 38.3 Å². The van der Waals surface area contributed by atoms with Gasteiger partial charge >= 0.3 is 0 Å². The highest BCUT2D eigenvalue weighted by molar-refractivity contribution is 7.90. The number of hydrogen-bond donors (Lipinski definition) is 1. The van der Waals surface area contributed by atoms with E-state index >= 15 is 0 Å². The Bertz CT molecular complexity index is 540. The standard InChI is InChI=1S/C16H27NO3S/c1-5-13(3)11-21(18,19)12-15-9-14(10-17-6-2)7-8-16(15)20-4/h7-9,13,17H,5-6,10-12H2,1-4H3. The van der Waals surface area contributed by atoms with Crippen molar-refractivity contribution in [2.24, 2.45) is 5.92 Å². The van der Waals surface area contributed by atoms with Crippen molar-refractivity contribution < 1.29 is 13.2 Å². The number of benzene rings is 1. The highest BCUT2D eigenvalue weighted by Gasteiger charge is 2.18. The van der Waals surface area contributed by atoms with Gasteiger partial charge in [-0.15, -0.1) is 0 Å². The summed E-state index contributed by atoms with van der Waals surface area (Å²) < 4.78 is 29.9. The van der Waals surface area contributed by atoms with E-state index in [4.69, 9.17) is 4.74 Å². The predicted molar refractivity (Wildman–Crippen MR) is 87.3 cm³/mol. The summed E-state index contributed by atoms with van der Waals surface area (Å²) in [5.41, 5.74) is 1.82. The van der Waals surface area contributed by atoms with E-state index in [1.54, 1.807) is 7.11 Å². The Balaban J connectivity index is 2.93. The zero-order valence-electron chi connectivity index (χ0n) is 13.5. The van der Waals surface area contributed by atoms with Crippen LogP contribution >= 0.6 is 0 Å². The van der Waals surface area contributed by atoms with Crippen molar-refractivity contribution in [3.63, 3.8) is 0 Å². The van der Waals surface area contributed by atoms with Crippen LogP contribution in [0.15, 0.2) is 18.2 Å². The van der Waals surface area contributed by atoms with E-state index in [0.717, 1.165) is 30.6 Å². The van der Waals surface area contributed by atoms with Gasteiger partial charge in [-0.3, -0.25) is 0 Å². The number of ether oxygens (including phenoxy) is 1. The molecule has 1 unspecified atom stereocenters. The molecule has 120 valence electrons. The van der Waals surface area contributed by atoms with Crippen molar-refractivity contribution in [1.29, 1.82) is 0 Å². The van der Waals surface area contributed by atoms with Gasteiger partial charge in [0.15, 0.2) is 9.84 Å². The molecule has 4 nitrogen and oxygen atoms in total. The first kappa shape index (κ1) is 18.0. The molecule has 0 fully saturated rings. The minimum absolute atomic E-state index is 0.0421. The van der Waals surface area contributed by atoms with E-state index in [1.807, 2.05) is 39.0 Å². The second-order valence-corrected chi connectivity index (χ2v) is 7.60. The molecule has 1 aromatic rings. The van der Waals surface area contributed by atoms with Crippen molar-refractivity contribution in [2.45, 2.75) is 39.5 Å². The zero-order valence-corrected chi connectivity index (χ0v) is 14.3. The molecule has 0 aliphatic carbocycles. The fraction of sp³-hybridized carbons (Fsp3) is 0.625. The zero-order chi connectivity index (χ0) is 15.9. The number of hydrogen-bond acceptors (Lipinski definition) is 4. The first-order valence-corrected chi connectivity index (χ1v) is 9.30. The summed E-state index contributed by atoms with van der Waals surface area (Å²) in [5, 5.41) is 3.24. The Morgan fingerprint density at radius 3 is 2.57 bits per heavy atom. The number of sulfone groups is 1. The molecule has 21 heavy (non-hydrogen) atoms. The van der Waals surface area contributed by atoms with E-state index in [1.165, 1.54) is 0 Å². The molecule has 0 aliphatic heterocycles. The van der Waals surface area contributed by atoms with Crippen LogP contribution in [-0.2, 0) is 22.1 Å². The van der Waals surface area contributed by atoms with Crippen LogP contribution in [0.4, 0.5) is 0 Å². The van der Waals surface area contributed by atoms with Crippen molar-refractivity contribution >= 4 is 9.84 Å². The van der Waals surface area contributed by atoms with Crippen LogP contribution in [0.25, 0.3) is 0 Å². The van der Waals surface area contributed by atoms with Crippen LogP contribution in [0, 0.1) is 5.92 Å². The number of methoxy groups -OCH3 is 1. The molecule has 0 saturated heterocycles. The molecule has 0 bridgehead atoms.